The number of phenolic OH excluding ortho intramolecular Hbond substituents is 1. The Kier molecular flexibility index (Phi) is 7.38. The highest BCUT2D eigenvalue weighted by molar-refractivity contribution is 6.11. The summed E-state index contributed by atoms with van der Waals surface area (Å²) >= 11 is 0. The molecule has 2 unspecified atom stereocenters. The molecule has 1 amide bonds. The van der Waals surface area contributed by atoms with Crippen LogP contribution in [0.15, 0.2) is 42.5 Å². The van der Waals surface area contributed by atoms with Gasteiger partial charge >= 0.3 is 0 Å². The molecule has 0 aromatic heterocycles. The topological polar surface area (TPSA) is 215 Å². The number of aromatic hydroxyl groups is 1. The number of amides is 1. The number of para-hydroxylation sites is 1. The average molecular weight is 716 g/mol. The Morgan fingerprint density at radius 1 is 0.904 bits per heavy atom. The number of carbonyl (C=O) groups excluding carboxylic acids is 3. The number of rotatable bonds is 4. The van der Waals surface area contributed by atoms with Crippen molar-refractivity contribution in [3.05, 3.63) is 53.6 Å². The van der Waals surface area contributed by atoms with Gasteiger partial charge in [-0.15, -0.1) is 0 Å². The third kappa shape index (κ3) is 3.99. The molecule has 0 bridgehead atoms. The van der Waals surface area contributed by atoms with Crippen LogP contribution in [0.3, 0.4) is 0 Å². The molecular formula is C39H41NO12. The van der Waals surface area contributed by atoms with Gasteiger partial charge in [0.1, 0.15) is 17.8 Å². The van der Waals surface area contributed by atoms with Crippen LogP contribution in [0.4, 0.5) is 0 Å². The second kappa shape index (κ2) is 11.2. The van der Waals surface area contributed by atoms with E-state index in [0.29, 0.717) is 45.3 Å². The monoisotopic (exact) mass is 715 g/mol. The highest BCUT2D eigenvalue weighted by Gasteiger charge is 2.80. The summed E-state index contributed by atoms with van der Waals surface area (Å²) in [5, 5.41) is 61.5. The number of fused-ring (bicyclic) bond motifs is 5. The molecule has 2 fully saturated rings. The molecule has 8 rings (SSSR count). The lowest BCUT2D eigenvalue weighted by Gasteiger charge is -2.69. The zero-order valence-electron chi connectivity index (χ0n) is 29.2. The fraction of sp³-hybridized carbons (Fsp3) is 0.462. The van der Waals surface area contributed by atoms with Gasteiger partial charge in [0.15, 0.2) is 40.2 Å². The van der Waals surface area contributed by atoms with E-state index in [1.165, 1.54) is 6.92 Å². The Morgan fingerprint density at radius 3 is 2.27 bits per heavy atom. The fourth-order valence-electron chi connectivity index (χ4n) is 10.5. The number of phenols is 1. The first-order valence-corrected chi connectivity index (χ1v) is 17.4. The number of aliphatic hydroxyl groups is 4. The summed E-state index contributed by atoms with van der Waals surface area (Å²) in [6.45, 7) is 8.15. The van der Waals surface area contributed by atoms with Crippen molar-refractivity contribution < 1.29 is 58.9 Å². The first-order valence-electron chi connectivity index (χ1n) is 17.4. The van der Waals surface area contributed by atoms with Crippen LogP contribution in [0.1, 0.15) is 56.5 Å². The Balaban J connectivity index is 1.42. The quantitative estimate of drug-likeness (QED) is 0.215. The van der Waals surface area contributed by atoms with E-state index in [4.69, 9.17) is 24.7 Å². The lowest BCUT2D eigenvalue weighted by molar-refractivity contribution is -0.306. The number of aliphatic hydroxyl groups excluding tert-OH is 3. The minimum Gasteiger partial charge on any atom is -0.507 e. The Bertz CT molecular complexity index is 2080. The van der Waals surface area contributed by atoms with Crippen LogP contribution < -0.4 is 24.7 Å². The maximum absolute atomic E-state index is 15.2. The van der Waals surface area contributed by atoms with Crippen molar-refractivity contribution in [1.29, 1.82) is 0 Å². The Hall–Kier alpha value is -4.69. The van der Waals surface area contributed by atoms with E-state index in [9.17, 15) is 35.1 Å². The van der Waals surface area contributed by atoms with Gasteiger partial charge in [-0.25, -0.2) is 0 Å². The lowest BCUT2D eigenvalue weighted by atomic mass is 9.36. The summed E-state index contributed by atoms with van der Waals surface area (Å²) in [5.74, 6) is -8.11. The molecule has 10 atom stereocenters. The number of Topliss-reactive ketones (excluding diaryl/α,β-unsaturated/α-hetero) is 2. The SMILES string of the molecule is CC(C)[C@H]1C(O)[C@@H](C(N)=O)C(=O)[C@]2(O)C(O)[C@H]3C(=O)c4c(O)c(-c5cccc6c5OCO6)cc(-c5ccc6c(c5)OCO6)c4[C@@H](C)[C@]3(C)[C@@H](O)[C@]12C. The number of nitrogens with two attached hydrogens (primary N) is 1. The van der Waals surface area contributed by atoms with Crippen molar-refractivity contribution in [3.8, 4) is 51.0 Å². The van der Waals surface area contributed by atoms with Crippen LogP contribution in [0.5, 0.6) is 28.7 Å². The number of hydrogen-bond acceptors (Lipinski definition) is 12. The molecule has 13 nitrogen and oxygen atoms in total. The zero-order chi connectivity index (χ0) is 37.4. The van der Waals surface area contributed by atoms with E-state index in [2.05, 4.69) is 0 Å². The number of carbonyl (C=O) groups is 3. The number of hydrogen-bond donors (Lipinski definition) is 6. The van der Waals surface area contributed by atoms with Crippen LogP contribution in [0, 0.1) is 34.5 Å². The Morgan fingerprint density at radius 2 is 1.58 bits per heavy atom. The molecule has 2 aliphatic heterocycles. The molecule has 3 aromatic rings. The second-order valence-corrected chi connectivity index (χ2v) is 15.5. The van der Waals surface area contributed by atoms with Crippen molar-refractivity contribution in [3.63, 3.8) is 0 Å². The Labute approximate surface area is 298 Å². The minimum absolute atomic E-state index is 0.0175. The van der Waals surface area contributed by atoms with Crippen molar-refractivity contribution >= 4 is 17.5 Å². The maximum atomic E-state index is 15.2. The van der Waals surface area contributed by atoms with E-state index in [1.54, 1.807) is 70.2 Å². The highest BCUT2D eigenvalue weighted by atomic mass is 16.7. The average Bonchev–Trinajstić information content (AvgIpc) is 3.78. The third-order valence-corrected chi connectivity index (χ3v) is 13.1. The van der Waals surface area contributed by atoms with Gasteiger partial charge in [0.25, 0.3) is 0 Å². The molecule has 5 aliphatic rings. The van der Waals surface area contributed by atoms with E-state index in [-0.39, 0.29) is 24.7 Å². The summed E-state index contributed by atoms with van der Waals surface area (Å²) in [6.07, 6.45) is -5.61. The number of benzene rings is 3. The largest absolute Gasteiger partial charge is 0.507 e. The van der Waals surface area contributed by atoms with E-state index >= 15 is 4.79 Å². The number of primary amides is 1. The van der Waals surface area contributed by atoms with Gasteiger partial charge in [-0.3, -0.25) is 14.4 Å². The van der Waals surface area contributed by atoms with Crippen molar-refractivity contribution in [2.75, 3.05) is 13.6 Å². The first-order chi connectivity index (χ1) is 24.5. The van der Waals surface area contributed by atoms with Gasteiger partial charge in [-0.2, -0.15) is 0 Å². The maximum Gasteiger partial charge on any atom is 0.231 e. The summed E-state index contributed by atoms with van der Waals surface area (Å²) in [7, 11) is 0. The predicted octanol–water partition coefficient (Wildman–Crippen LogP) is 2.90. The molecule has 13 heteroatoms. The molecule has 0 radical (unpaired) electrons. The summed E-state index contributed by atoms with van der Waals surface area (Å²) in [5.41, 5.74) is 1.01. The van der Waals surface area contributed by atoms with E-state index < -0.39 is 87.6 Å². The van der Waals surface area contributed by atoms with Crippen molar-refractivity contribution in [1.82, 2.24) is 0 Å². The van der Waals surface area contributed by atoms with E-state index in [0.717, 1.165) is 0 Å². The minimum atomic E-state index is -2.91. The summed E-state index contributed by atoms with van der Waals surface area (Å²) < 4.78 is 22.6. The molecule has 3 aliphatic carbocycles. The van der Waals surface area contributed by atoms with Crippen LogP contribution >= 0.6 is 0 Å². The third-order valence-electron chi connectivity index (χ3n) is 13.1. The number of ether oxygens (including phenoxy) is 4. The normalized spacial score (nSPS) is 35.6. The molecule has 0 saturated heterocycles. The first kappa shape index (κ1) is 34.4. The van der Waals surface area contributed by atoms with Crippen LogP contribution in [-0.2, 0) is 9.59 Å². The molecule has 274 valence electrons. The smallest absolute Gasteiger partial charge is 0.231 e. The second-order valence-electron chi connectivity index (χ2n) is 15.5. The van der Waals surface area contributed by atoms with Gasteiger partial charge in [-0.05, 0) is 58.7 Å². The van der Waals surface area contributed by atoms with Crippen molar-refractivity contribution in [2.24, 2.45) is 40.2 Å². The summed E-state index contributed by atoms with van der Waals surface area (Å²) in [4.78, 5) is 42.1. The van der Waals surface area contributed by atoms with Gasteiger partial charge in [0.05, 0.1) is 23.7 Å². The van der Waals surface area contributed by atoms with Gasteiger partial charge in [0, 0.05) is 22.0 Å². The summed E-state index contributed by atoms with van der Waals surface area (Å²) in [6, 6.07) is 12.1. The van der Waals surface area contributed by atoms with Crippen molar-refractivity contribution in [2.45, 2.75) is 64.4 Å². The molecule has 2 saturated carbocycles. The fourth-order valence-corrected chi connectivity index (χ4v) is 10.5. The van der Waals surface area contributed by atoms with Crippen LogP contribution in [0.25, 0.3) is 22.3 Å². The molecule has 0 spiro atoms. The lowest BCUT2D eigenvalue weighted by Crippen LogP contribution is -2.83. The number of ketones is 2. The molecule has 2 heterocycles. The molecule has 3 aromatic carbocycles. The molecular weight excluding hydrogens is 674 g/mol. The van der Waals surface area contributed by atoms with Crippen LogP contribution in [0.2, 0.25) is 0 Å². The van der Waals surface area contributed by atoms with Gasteiger partial charge < -0.3 is 50.2 Å². The zero-order valence-corrected chi connectivity index (χ0v) is 29.2. The van der Waals surface area contributed by atoms with Gasteiger partial charge in [-0.1, -0.05) is 52.8 Å². The highest BCUT2D eigenvalue weighted by Crippen LogP contribution is 2.69. The van der Waals surface area contributed by atoms with Gasteiger partial charge in [0.2, 0.25) is 19.5 Å². The van der Waals surface area contributed by atoms with Crippen LogP contribution in [-0.4, -0.2) is 80.5 Å². The van der Waals surface area contributed by atoms with E-state index in [1.807, 2.05) is 0 Å². The molecule has 7 N–H and O–H groups in total. The molecule has 52 heavy (non-hydrogen) atoms. The predicted molar refractivity (Wildman–Crippen MR) is 183 cm³/mol. The standard InChI is InChI=1S/C39H41NO12/c1-15(2)27-31(43)26(35(40)46)33(44)39(48)34(45)28-30(42)25-24(16(3)37(28,4)36(47)38(27,39)5)19(17-9-10-21-23(11-17)51-13-49-21)12-20(29(25)41)18-7-6-8-22-32(18)52-14-50-22/h6-12,15-16,26-28,31,34,36,41,43,45,47-48H,13-14H2,1-5H3,(H2,40,46)/t16-,26-,27+,28-,31?,34?,36-,37+,38+,39+/m1/s1.